The lowest BCUT2D eigenvalue weighted by atomic mass is 10.0. The van der Waals surface area contributed by atoms with Crippen LogP contribution in [0.25, 0.3) is 0 Å². The zero-order valence-corrected chi connectivity index (χ0v) is 13.8. The van der Waals surface area contributed by atoms with E-state index in [-0.39, 0.29) is 6.03 Å². The summed E-state index contributed by atoms with van der Waals surface area (Å²) in [5.74, 6) is 0.488. The summed E-state index contributed by atoms with van der Waals surface area (Å²) >= 11 is 0. The van der Waals surface area contributed by atoms with Crippen molar-refractivity contribution in [3.63, 3.8) is 0 Å². The number of nitrogens with one attached hydrogen (secondary N) is 1. The zero-order chi connectivity index (χ0) is 16.9. The van der Waals surface area contributed by atoms with Crippen LogP contribution in [0.4, 0.5) is 4.79 Å². The molecule has 6 nitrogen and oxygen atoms in total. The number of carbonyl (C=O) groups excluding carboxylic acids is 1. The van der Waals surface area contributed by atoms with Gasteiger partial charge in [0.15, 0.2) is 0 Å². The zero-order valence-electron chi connectivity index (χ0n) is 13.8. The van der Waals surface area contributed by atoms with Gasteiger partial charge in [0, 0.05) is 32.9 Å². The van der Waals surface area contributed by atoms with Gasteiger partial charge in [-0.05, 0) is 42.0 Å². The predicted molar refractivity (Wildman–Crippen MR) is 90.0 cm³/mol. The van der Waals surface area contributed by atoms with Crippen molar-refractivity contribution in [2.75, 3.05) is 13.1 Å². The van der Waals surface area contributed by atoms with E-state index < -0.39 is 0 Å². The number of rotatable bonds is 4. The third-order valence-corrected chi connectivity index (χ3v) is 4.36. The maximum Gasteiger partial charge on any atom is 0.317 e. The number of carbonyl (C=O) groups is 1. The van der Waals surface area contributed by atoms with E-state index in [1.165, 1.54) is 5.56 Å². The Morgan fingerprint density at radius 1 is 1.46 bits per heavy atom. The molecule has 1 aliphatic rings. The quantitative estimate of drug-likeness (QED) is 0.936. The molecule has 6 heteroatoms. The molecule has 0 saturated carbocycles. The SMILES string of the molecule is Cn1cc(CC2CCN(C(=O)NCc3cccc(C#N)c3)C2)cn1. The molecule has 1 N–H and O–H groups in total. The molecule has 2 aromatic rings. The van der Waals surface area contributed by atoms with Crippen LogP contribution in [0.5, 0.6) is 0 Å². The topological polar surface area (TPSA) is 74.0 Å². The highest BCUT2D eigenvalue weighted by atomic mass is 16.2. The number of aryl methyl sites for hydroxylation is 1. The Morgan fingerprint density at radius 3 is 3.08 bits per heavy atom. The second-order valence-electron chi connectivity index (χ2n) is 6.30. The molecule has 1 aliphatic heterocycles. The van der Waals surface area contributed by atoms with Gasteiger partial charge in [0.05, 0.1) is 17.8 Å². The summed E-state index contributed by atoms with van der Waals surface area (Å²) in [6.45, 7) is 2.01. The van der Waals surface area contributed by atoms with E-state index >= 15 is 0 Å². The van der Waals surface area contributed by atoms with E-state index in [0.29, 0.717) is 18.0 Å². The number of benzene rings is 1. The summed E-state index contributed by atoms with van der Waals surface area (Å²) in [5, 5.41) is 16.0. The van der Waals surface area contributed by atoms with Crippen LogP contribution in [-0.2, 0) is 20.0 Å². The molecular weight excluding hydrogens is 302 g/mol. The first-order chi connectivity index (χ1) is 11.6. The molecule has 0 spiro atoms. The minimum absolute atomic E-state index is 0.0361. The minimum atomic E-state index is -0.0361. The highest BCUT2D eigenvalue weighted by Crippen LogP contribution is 2.20. The van der Waals surface area contributed by atoms with E-state index in [1.807, 2.05) is 41.2 Å². The monoisotopic (exact) mass is 323 g/mol. The fourth-order valence-electron chi connectivity index (χ4n) is 3.13. The molecule has 1 saturated heterocycles. The number of hydrogen-bond donors (Lipinski definition) is 1. The molecule has 2 heterocycles. The largest absolute Gasteiger partial charge is 0.334 e. The molecule has 1 atom stereocenters. The second-order valence-corrected chi connectivity index (χ2v) is 6.30. The van der Waals surface area contributed by atoms with Gasteiger partial charge in [0.25, 0.3) is 0 Å². The van der Waals surface area contributed by atoms with Crippen molar-refractivity contribution in [1.29, 1.82) is 5.26 Å². The summed E-state index contributed by atoms with van der Waals surface area (Å²) < 4.78 is 1.81. The molecule has 1 aromatic carbocycles. The van der Waals surface area contributed by atoms with Gasteiger partial charge in [-0.25, -0.2) is 4.79 Å². The van der Waals surface area contributed by atoms with Gasteiger partial charge in [-0.15, -0.1) is 0 Å². The molecule has 3 rings (SSSR count). The van der Waals surface area contributed by atoms with Crippen molar-refractivity contribution in [3.8, 4) is 6.07 Å². The van der Waals surface area contributed by atoms with E-state index in [1.54, 1.807) is 12.1 Å². The van der Waals surface area contributed by atoms with Crippen molar-refractivity contribution in [2.24, 2.45) is 13.0 Å². The van der Waals surface area contributed by atoms with Gasteiger partial charge in [-0.3, -0.25) is 4.68 Å². The maximum absolute atomic E-state index is 12.3. The van der Waals surface area contributed by atoms with E-state index in [0.717, 1.165) is 31.5 Å². The van der Waals surface area contributed by atoms with Gasteiger partial charge in [-0.2, -0.15) is 10.4 Å². The third-order valence-electron chi connectivity index (χ3n) is 4.36. The van der Waals surface area contributed by atoms with Crippen LogP contribution in [0.3, 0.4) is 0 Å². The molecule has 0 radical (unpaired) electrons. The number of likely N-dealkylation sites (tertiary alicyclic amines) is 1. The van der Waals surface area contributed by atoms with Crippen LogP contribution >= 0.6 is 0 Å². The Kier molecular flexibility index (Phi) is 4.80. The van der Waals surface area contributed by atoms with Crippen molar-refractivity contribution in [3.05, 3.63) is 53.3 Å². The first-order valence-corrected chi connectivity index (χ1v) is 8.13. The number of nitrogens with zero attached hydrogens (tertiary/aromatic N) is 4. The lowest BCUT2D eigenvalue weighted by Gasteiger charge is -2.17. The summed E-state index contributed by atoms with van der Waals surface area (Å²) in [4.78, 5) is 14.2. The molecular formula is C18H21N5O. The highest BCUT2D eigenvalue weighted by molar-refractivity contribution is 5.74. The molecule has 1 unspecified atom stereocenters. The van der Waals surface area contributed by atoms with Crippen LogP contribution in [0.2, 0.25) is 0 Å². The lowest BCUT2D eigenvalue weighted by molar-refractivity contribution is 0.206. The van der Waals surface area contributed by atoms with E-state index in [2.05, 4.69) is 16.5 Å². The Bertz CT molecular complexity index is 761. The molecule has 2 amide bonds. The number of hydrogen-bond acceptors (Lipinski definition) is 3. The molecule has 0 bridgehead atoms. The first kappa shape index (κ1) is 16.1. The predicted octanol–water partition coefficient (Wildman–Crippen LogP) is 2.07. The van der Waals surface area contributed by atoms with Crippen LogP contribution < -0.4 is 5.32 Å². The number of nitriles is 1. The fourth-order valence-corrected chi connectivity index (χ4v) is 3.13. The average molecular weight is 323 g/mol. The van der Waals surface area contributed by atoms with Gasteiger partial charge in [-0.1, -0.05) is 12.1 Å². The van der Waals surface area contributed by atoms with Gasteiger partial charge < -0.3 is 10.2 Å². The number of amides is 2. The molecule has 124 valence electrons. The standard InChI is InChI=1S/C18H21N5O/c1-22-12-17(11-21-22)8-16-5-6-23(13-16)18(24)20-10-15-4-2-3-14(7-15)9-19/h2-4,7,11-12,16H,5-6,8,10,13H2,1H3,(H,20,24). The van der Waals surface area contributed by atoms with Crippen LogP contribution in [0.1, 0.15) is 23.1 Å². The normalized spacial score (nSPS) is 16.8. The summed E-state index contributed by atoms with van der Waals surface area (Å²) in [6, 6.07) is 9.38. The Balaban J connectivity index is 1.48. The molecule has 1 fully saturated rings. The second kappa shape index (κ2) is 7.18. The van der Waals surface area contributed by atoms with Crippen LogP contribution in [0.15, 0.2) is 36.7 Å². The number of urea groups is 1. The Labute approximate surface area is 141 Å². The van der Waals surface area contributed by atoms with Crippen molar-refractivity contribution >= 4 is 6.03 Å². The summed E-state index contributed by atoms with van der Waals surface area (Å²) in [6.07, 6.45) is 5.91. The highest BCUT2D eigenvalue weighted by Gasteiger charge is 2.26. The van der Waals surface area contributed by atoms with Crippen molar-refractivity contribution < 1.29 is 4.79 Å². The molecule has 0 aliphatic carbocycles. The van der Waals surface area contributed by atoms with E-state index in [9.17, 15) is 4.79 Å². The third kappa shape index (κ3) is 3.93. The van der Waals surface area contributed by atoms with Crippen molar-refractivity contribution in [2.45, 2.75) is 19.4 Å². The molecule has 24 heavy (non-hydrogen) atoms. The smallest absolute Gasteiger partial charge is 0.317 e. The summed E-state index contributed by atoms with van der Waals surface area (Å²) in [7, 11) is 1.92. The number of aromatic nitrogens is 2. The average Bonchev–Trinajstić information content (AvgIpc) is 3.22. The fraction of sp³-hybridized carbons (Fsp3) is 0.389. The van der Waals surface area contributed by atoms with Gasteiger partial charge >= 0.3 is 6.03 Å². The lowest BCUT2D eigenvalue weighted by Crippen LogP contribution is -2.38. The van der Waals surface area contributed by atoms with Gasteiger partial charge in [0.1, 0.15) is 0 Å². The van der Waals surface area contributed by atoms with Crippen molar-refractivity contribution in [1.82, 2.24) is 20.0 Å². The molecule has 1 aromatic heterocycles. The van der Waals surface area contributed by atoms with Gasteiger partial charge in [0.2, 0.25) is 0 Å². The first-order valence-electron chi connectivity index (χ1n) is 8.13. The van der Waals surface area contributed by atoms with Crippen LogP contribution in [0, 0.1) is 17.2 Å². The van der Waals surface area contributed by atoms with E-state index in [4.69, 9.17) is 5.26 Å². The van der Waals surface area contributed by atoms with Crippen LogP contribution in [-0.4, -0.2) is 33.8 Å². The summed E-state index contributed by atoms with van der Waals surface area (Å²) in [5.41, 5.74) is 2.77. The Morgan fingerprint density at radius 2 is 2.33 bits per heavy atom. The Hall–Kier alpha value is -2.81. The maximum atomic E-state index is 12.3. The minimum Gasteiger partial charge on any atom is -0.334 e.